The van der Waals surface area contributed by atoms with E-state index in [0.717, 1.165) is 0 Å². The summed E-state index contributed by atoms with van der Waals surface area (Å²) in [6.07, 6.45) is -0.387. The molecule has 0 N–H and O–H groups in total. The molecule has 0 fully saturated rings. The van der Waals surface area contributed by atoms with E-state index in [4.69, 9.17) is 18.9 Å². The molecular weight excluding hydrogens is 464 g/mol. The third-order valence-electron chi connectivity index (χ3n) is 4.99. The summed E-state index contributed by atoms with van der Waals surface area (Å²) < 4.78 is 21.1. The fourth-order valence-corrected chi connectivity index (χ4v) is 3.06. The Morgan fingerprint density at radius 1 is 0.639 bits per heavy atom. The molecule has 0 spiro atoms. The number of hydrogen-bond acceptors (Lipinski definition) is 8. The zero-order valence-electron chi connectivity index (χ0n) is 20.2. The second-order valence-corrected chi connectivity index (χ2v) is 7.84. The molecule has 0 aliphatic heterocycles. The standard InChI is InChI=1S/C28H26O8/c1-4-33-17-18(2)34-26(30)23-11-15-25(16-12-23)36-28(32)22-7-5-21(6-8-22)27(31)35-24-13-9-20(10-14-24)19(3)29/h5-16,18H,4,17H2,1-3H3. The maximum absolute atomic E-state index is 12.5. The van der Waals surface area contributed by atoms with Crippen molar-refractivity contribution in [1.82, 2.24) is 0 Å². The van der Waals surface area contributed by atoms with E-state index in [-0.39, 0.29) is 28.8 Å². The van der Waals surface area contributed by atoms with Crippen molar-refractivity contribution in [3.05, 3.63) is 95.1 Å². The summed E-state index contributed by atoms with van der Waals surface area (Å²) in [6, 6.07) is 18.0. The zero-order valence-corrected chi connectivity index (χ0v) is 20.2. The van der Waals surface area contributed by atoms with Gasteiger partial charge in [-0.25, -0.2) is 14.4 Å². The van der Waals surface area contributed by atoms with Crippen molar-refractivity contribution in [2.75, 3.05) is 13.2 Å². The van der Waals surface area contributed by atoms with Crippen molar-refractivity contribution in [2.45, 2.75) is 26.9 Å². The van der Waals surface area contributed by atoms with Crippen LogP contribution in [0.3, 0.4) is 0 Å². The third-order valence-corrected chi connectivity index (χ3v) is 4.99. The van der Waals surface area contributed by atoms with Crippen LogP contribution in [-0.4, -0.2) is 43.0 Å². The van der Waals surface area contributed by atoms with Crippen LogP contribution in [0.5, 0.6) is 11.5 Å². The number of esters is 3. The summed E-state index contributed by atoms with van der Waals surface area (Å²) in [6.45, 7) is 5.89. The Hall–Kier alpha value is -4.30. The van der Waals surface area contributed by atoms with Gasteiger partial charge in [0, 0.05) is 12.2 Å². The van der Waals surface area contributed by atoms with Gasteiger partial charge in [0.05, 0.1) is 23.3 Å². The number of benzene rings is 3. The summed E-state index contributed by atoms with van der Waals surface area (Å²) >= 11 is 0. The van der Waals surface area contributed by atoms with E-state index in [1.54, 1.807) is 19.1 Å². The predicted molar refractivity (Wildman–Crippen MR) is 131 cm³/mol. The average molecular weight is 491 g/mol. The highest BCUT2D eigenvalue weighted by Crippen LogP contribution is 2.18. The molecule has 1 unspecified atom stereocenters. The molecule has 0 amide bonds. The number of ketones is 1. The molecule has 1 atom stereocenters. The summed E-state index contributed by atoms with van der Waals surface area (Å²) in [7, 11) is 0. The normalized spacial score (nSPS) is 11.3. The first kappa shape index (κ1) is 26.3. The van der Waals surface area contributed by atoms with Crippen LogP contribution in [0.25, 0.3) is 0 Å². The Kier molecular flexibility index (Phi) is 9.07. The maximum Gasteiger partial charge on any atom is 0.343 e. The smallest absolute Gasteiger partial charge is 0.343 e. The number of carbonyl (C=O) groups is 4. The van der Waals surface area contributed by atoms with Crippen LogP contribution in [0, 0.1) is 0 Å². The molecule has 0 aliphatic rings. The molecule has 0 saturated heterocycles. The molecule has 8 heteroatoms. The second-order valence-electron chi connectivity index (χ2n) is 7.84. The summed E-state index contributed by atoms with van der Waals surface area (Å²) in [4.78, 5) is 48.3. The second kappa shape index (κ2) is 12.4. The molecule has 36 heavy (non-hydrogen) atoms. The van der Waals surface area contributed by atoms with Gasteiger partial charge in [-0.2, -0.15) is 0 Å². The van der Waals surface area contributed by atoms with Gasteiger partial charge in [-0.1, -0.05) is 0 Å². The number of rotatable bonds is 10. The minimum Gasteiger partial charge on any atom is -0.457 e. The number of ether oxygens (including phenoxy) is 4. The van der Waals surface area contributed by atoms with Crippen molar-refractivity contribution in [1.29, 1.82) is 0 Å². The van der Waals surface area contributed by atoms with E-state index in [9.17, 15) is 19.2 Å². The van der Waals surface area contributed by atoms with Gasteiger partial charge in [-0.15, -0.1) is 0 Å². The number of carbonyl (C=O) groups excluding carboxylic acids is 4. The average Bonchev–Trinajstić information content (AvgIpc) is 2.88. The highest BCUT2D eigenvalue weighted by atomic mass is 16.6. The highest BCUT2D eigenvalue weighted by Gasteiger charge is 2.15. The maximum atomic E-state index is 12.5. The number of hydrogen-bond donors (Lipinski definition) is 0. The quantitative estimate of drug-likeness (QED) is 0.224. The first-order valence-corrected chi connectivity index (χ1v) is 11.3. The molecule has 0 heterocycles. The SMILES string of the molecule is CCOCC(C)OC(=O)c1ccc(OC(=O)c2ccc(C(=O)Oc3ccc(C(C)=O)cc3)cc2)cc1. The predicted octanol–water partition coefficient (Wildman–Crippen LogP) is 4.91. The molecule has 186 valence electrons. The molecule has 0 aliphatic carbocycles. The van der Waals surface area contributed by atoms with Crippen LogP contribution in [0.2, 0.25) is 0 Å². The van der Waals surface area contributed by atoms with Crippen LogP contribution in [0.1, 0.15) is 62.2 Å². The minimum absolute atomic E-state index is 0.0863. The van der Waals surface area contributed by atoms with Gasteiger partial charge < -0.3 is 18.9 Å². The largest absolute Gasteiger partial charge is 0.457 e. The van der Waals surface area contributed by atoms with Crippen LogP contribution >= 0.6 is 0 Å². The summed E-state index contributed by atoms with van der Waals surface area (Å²) in [5.41, 5.74) is 1.30. The first-order valence-electron chi connectivity index (χ1n) is 11.3. The lowest BCUT2D eigenvalue weighted by Gasteiger charge is -2.13. The van der Waals surface area contributed by atoms with Crippen LogP contribution in [0.4, 0.5) is 0 Å². The Bertz CT molecular complexity index is 1210. The Labute approximate surface area is 208 Å². The molecule has 3 aromatic carbocycles. The molecule has 0 bridgehead atoms. The third kappa shape index (κ3) is 7.35. The van der Waals surface area contributed by atoms with E-state index < -0.39 is 17.9 Å². The lowest BCUT2D eigenvalue weighted by Crippen LogP contribution is -2.20. The van der Waals surface area contributed by atoms with Gasteiger partial charge in [-0.05, 0) is 93.6 Å². The van der Waals surface area contributed by atoms with Crippen molar-refractivity contribution in [3.8, 4) is 11.5 Å². The Morgan fingerprint density at radius 2 is 1.03 bits per heavy atom. The van der Waals surface area contributed by atoms with E-state index in [0.29, 0.717) is 30.1 Å². The van der Waals surface area contributed by atoms with Gasteiger partial charge in [-0.3, -0.25) is 4.79 Å². The molecule has 0 aromatic heterocycles. The Morgan fingerprint density at radius 3 is 1.44 bits per heavy atom. The van der Waals surface area contributed by atoms with Crippen molar-refractivity contribution in [2.24, 2.45) is 0 Å². The summed E-state index contributed by atoms with van der Waals surface area (Å²) in [5, 5.41) is 0. The zero-order chi connectivity index (χ0) is 26.1. The van der Waals surface area contributed by atoms with Gasteiger partial charge in [0.15, 0.2) is 5.78 Å². The van der Waals surface area contributed by atoms with Crippen LogP contribution in [-0.2, 0) is 9.47 Å². The van der Waals surface area contributed by atoms with Crippen LogP contribution < -0.4 is 9.47 Å². The fourth-order valence-electron chi connectivity index (χ4n) is 3.06. The van der Waals surface area contributed by atoms with E-state index in [2.05, 4.69) is 0 Å². The number of Topliss-reactive ketones (excluding diaryl/α,β-unsaturated/α-hetero) is 1. The molecule has 3 rings (SSSR count). The highest BCUT2D eigenvalue weighted by molar-refractivity contribution is 5.96. The topological polar surface area (TPSA) is 105 Å². The van der Waals surface area contributed by atoms with E-state index in [1.807, 2.05) is 6.92 Å². The Balaban J connectivity index is 1.55. The molecule has 8 nitrogen and oxygen atoms in total. The first-order chi connectivity index (χ1) is 17.3. The van der Waals surface area contributed by atoms with Gasteiger partial charge >= 0.3 is 17.9 Å². The van der Waals surface area contributed by atoms with Crippen molar-refractivity contribution in [3.63, 3.8) is 0 Å². The lowest BCUT2D eigenvalue weighted by atomic mass is 10.1. The fraction of sp³-hybridized carbons (Fsp3) is 0.214. The van der Waals surface area contributed by atoms with E-state index >= 15 is 0 Å². The van der Waals surface area contributed by atoms with Gasteiger partial charge in [0.25, 0.3) is 0 Å². The van der Waals surface area contributed by atoms with E-state index in [1.165, 1.54) is 67.6 Å². The monoisotopic (exact) mass is 490 g/mol. The van der Waals surface area contributed by atoms with Crippen molar-refractivity contribution < 1.29 is 38.1 Å². The molecule has 0 saturated carbocycles. The molecule has 3 aromatic rings. The van der Waals surface area contributed by atoms with Gasteiger partial charge in [0.1, 0.15) is 17.6 Å². The van der Waals surface area contributed by atoms with Crippen molar-refractivity contribution >= 4 is 23.7 Å². The van der Waals surface area contributed by atoms with Crippen LogP contribution in [0.15, 0.2) is 72.8 Å². The summed E-state index contributed by atoms with van der Waals surface area (Å²) in [5.74, 6) is -1.28. The molecule has 0 radical (unpaired) electrons. The minimum atomic E-state index is -0.629. The lowest BCUT2D eigenvalue weighted by molar-refractivity contribution is 0.00438. The van der Waals surface area contributed by atoms with Gasteiger partial charge in [0.2, 0.25) is 0 Å². The molecular formula is C28H26O8.